The van der Waals surface area contributed by atoms with Crippen molar-refractivity contribution in [2.75, 3.05) is 23.7 Å². The molecule has 0 amide bonds. The average Bonchev–Trinajstić information content (AvgIpc) is 2.67. The van der Waals surface area contributed by atoms with Crippen molar-refractivity contribution in [1.82, 2.24) is 19.7 Å². The number of rotatable bonds is 8. The van der Waals surface area contributed by atoms with Crippen LogP contribution in [-0.4, -0.2) is 36.5 Å². The Hall–Kier alpha value is -2.56. The van der Waals surface area contributed by atoms with Crippen LogP contribution in [0.3, 0.4) is 0 Å². The van der Waals surface area contributed by atoms with Gasteiger partial charge < -0.3 is 10.6 Å². The minimum atomic E-state index is -3.58. The van der Waals surface area contributed by atoms with E-state index in [4.69, 9.17) is 0 Å². The number of sulfonamides is 1. The molecule has 0 aliphatic rings. The number of aromatic nitrogens is 3. The van der Waals surface area contributed by atoms with Crippen molar-refractivity contribution in [3.63, 3.8) is 0 Å². The maximum Gasteiger partial charge on any atom is 0.241 e. The molecule has 3 rings (SSSR count). The summed E-state index contributed by atoms with van der Waals surface area (Å²) in [5, 5.41) is 6.13. The van der Waals surface area contributed by atoms with Crippen molar-refractivity contribution >= 4 is 43.4 Å². The highest BCUT2D eigenvalue weighted by Gasteiger charge is 2.16. The van der Waals surface area contributed by atoms with Crippen molar-refractivity contribution < 1.29 is 8.42 Å². The highest BCUT2D eigenvalue weighted by atomic mass is 79.9. The van der Waals surface area contributed by atoms with Gasteiger partial charge in [-0.2, -0.15) is 0 Å². The molecule has 2 heterocycles. The van der Waals surface area contributed by atoms with Gasteiger partial charge in [-0.05, 0) is 40.2 Å². The predicted molar refractivity (Wildman–Crippen MR) is 107 cm³/mol. The van der Waals surface area contributed by atoms with Gasteiger partial charge in [-0.3, -0.25) is 0 Å². The SMILES string of the molecule is O=S(=O)(NCCNc1cc(Nc2ccccn2)ncn1)c1ccccc1Br. The van der Waals surface area contributed by atoms with Crippen molar-refractivity contribution in [3.8, 4) is 0 Å². The van der Waals surface area contributed by atoms with Crippen LogP contribution in [0, 0.1) is 0 Å². The van der Waals surface area contributed by atoms with E-state index in [2.05, 4.69) is 46.2 Å². The minimum Gasteiger partial charge on any atom is -0.369 e. The number of halogens is 1. The van der Waals surface area contributed by atoms with E-state index >= 15 is 0 Å². The number of nitrogens with one attached hydrogen (secondary N) is 3. The van der Waals surface area contributed by atoms with Gasteiger partial charge in [0.25, 0.3) is 0 Å². The van der Waals surface area contributed by atoms with E-state index in [1.807, 2.05) is 18.2 Å². The van der Waals surface area contributed by atoms with Crippen LogP contribution < -0.4 is 15.4 Å². The van der Waals surface area contributed by atoms with E-state index in [0.29, 0.717) is 28.5 Å². The summed E-state index contributed by atoms with van der Waals surface area (Å²) in [6.45, 7) is 0.570. The summed E-state index contributed by atoms with van der Waals surface area (Å²) in [6, 6.07) is 13.9. The molecular weight excluding hydrogens is 432 g/mol. The average molecular weight is 449 g/mol. The van der Waals surface area contributed by atoms with Crippen LogP contribution in [0.25, 0.3) is 0 Å². The first kappa shape index (κ1) is 19.2. The molecule has 27 heavy (non-hydrogen) atoms. The predicted octanol–water partition coefficient (Wildman–Crippen LogP) is 2.77. The van der Waals surface area contributed by atoms with Gasteiger partial charge in [0.1, 0.15) is 23.8 Å². The molecule has 8 nitrogen and oxygen atoms in total. The van der Waals surface area contributed by atoms with Crippen molar-refractivity contribution in [1.29, 1.82) is 0 Å². The minimum absolute atomic E-state index is 0.203. The maximum absolute atomic E-state index is 12.3. The molecule has 0 fully saturated rings. The zero-order valence-corrected chi connectivity index (χ0v) is 16.5. The molecule has 3 N–H and O–H groups in total. The summed E-state index contributed by atoms with van der Waals surface area (Å²) in [7, 11) is -3.58. The van der Waals surface area contributed by atoms with Crippen LogP contribution in [0.5, 0.6) is 0 Å². The Morgan fingerprint density at radius 3 is 2.44 bits per heavy atom. The van der Waals surface area contributed by atoms with Gasteiger partial charge in [0.2, 0.25) is 10.0 Å². The molecule has 10 heteroatoms. The Morgan fingerprint density at radius 1 is 0.889 bits per heavy atom. The third kappa shape index (κ3) is 5.46. The summed E-state index contributed by atoms with van der Waals surface area (Å²) < 4.78 is 27.7. The summed E-state index contributed by atoms with van der Waals surface area (Å²) in [4.78, 5) is 12.6. The van der Waals surface area contributed by atoms with Crippen LogP contribution in [0.2, 0.25) is 0 Å². The fraction of sp³-hybridized carbons (Fsp3) is 0.118. The van der Waals surface area contributed by atoms with E-state index < -0.39 is 10.0 Å². The Morgan fingerprint density at radius 2 is 1.67 bits per heavy atom. The van der Waals surface area contributed by atoms with Gasteiger partial charge in [-0.1, -0.05) is 18.2 Å². The monoisotopic (exact) mass is 448 g/mol. The Labute approximate surface area is 165 Å². The molecule has 2 aromatic heterocycles. The first-order chi connectivity index (χ1) is 13.0. The third-order valence-electron chi connectivity index (χ3n) is 3.44. The van der Waals surface area contributed by atoms with Gasteiger partial charge in [0.15, 0.2) is 0 Å². The van der Waals surface area contributed by atoms with Gasteiger partial charge in [-0.25, -0.2) is 28.1 Å². The standard InChI is InChI=1S/C17H17BrN6O2S/c18-13-5-1-2-6-14(13)27(25,26)23-10-9-20-16-11-17(22-12-21-16)24-15-7-3-4-8-19-15/h1-8,11-12,23H,9-10H2,(H2,19,20,21,22,24). The van der Waals surface area contributed by atoms with Crippen LogP contribution in [0.1, 0.15) is 0 Å². The van der Waals surface area contributed by atoms with Crippen molar-refractivity contribution in [2.24, 2.45) is 0 Å². The largest absolute Gasteiger partial charge is 0.369 e. The van der Waals surface area contributed by atoms with Crippen molar-refractivity contribution in [2.45, 2.75) is 4.90 Å². The van der Waals surface area contributed by atoms with Crippen LogP contribution >= 0.6 is 15.9 Å². The molecule has 1 aromatic carbocycles. The number of hydrogen-bond acceptors (Lipinski definition) is 7. The van der Waals surface area contributed by atoms with Gasteiger partial charge in [0.05, 0.1) is 4.90 Å². The van der Waals surface area contributed by atoms with Crippen molar-refractivity contribution in [3.05, 3.63) is 65.5 Å². The van der Waals surface area contributed by atoms with Gasteiger partial charge >= 0.3 is 0 Å². The quantitative estimate of drug-likeness (QED) is 0.454. The second kappa shape index (κ2) is 8.89. The number of benzene rings is 1. The lowest BCUT2D eigenvalue weighted by molar-refractivity contribution is 0.582. The van der Waals surface area contributed by atoms with E-state index in [9.17, 15) is 8.42 Å². The summed E-state index contributed by atoms with van der Waals surface area (Å²) >= 11 is 3.25. The molecule has 0 unspecified atom stereocenters. The lowest BCUT2D eigenvalue weighted by atomic mass is 10.4. The Balaban J connectivity index is 1.53. The molecular formula is C17H17BrN6O2S. The fourth-order valence-electron chi connectivity index (χ4n) is 2.21. The zero-order chi connectivity index (χ0) is 19.1. The number of hydrogen-bond donors (Lipinski definition) is 3. The van der Waals surface area contributed by atoms with Gasteiger partial charge in [0, 0.05) is 29.8 Å². The lowest BCUT2D eigenvalue weighted by Crippen LogP contribution is -2.29. The molecule has 0 saturated carbocycles. The lowest BCUT2D eigenvalue weighted by Gasteiger charge is -2.10. The summed E-state index contributed by atoms with van der Waals surface area (Å²) in [5.41, 5.74) is 0. The molecule has 0 aliphatic carbocycles. The Bertz CT molecular complexity index is 1000. The molecule has 0 bridgehead atoms. The first-order valence-corrected chi connectivity index (χ1v) is 10.3. The van der Waals surface area contributed by atoms with Crippen LogP contribution in [0.15, 0.2) is 70.4 Å². The van der Waals surface area contributed by atoms with E-state index in [1.54, 1.807) is 36.5 Å². The Kier molecular flexibility index (Phi) is 6.32. The van der Waals surface area contributed by atoms with Crippen LogP contribution in [0.4, 0.5) is 17.5 Å². The van der Waals surface area contributed by atoms with E-state index in [-0.39, 0.29) is 11.4 Å². The molecule has 0 aliphatic heterocycles. The molecule has 0 spiro atoms. The maximum atomic E-state index is 12.3. The molecule has 0 radical (unpaired) electrons. The summed E-state index contributed by atoms with van der Waals surface area (Å²) in [6.07, 6.45) is 3.10. The second-order valence-electron chi connectivity index (χ2n) is 5.38. The first-order valence-electron chi connectivity index (χ1n) is 8.03. The number of pyridine rings is 1. The second-order valence-corrected chi connectivity index (χ2v) is 7.97. The molecule has 0 saturated heterocycles. The molecule has 3 aromatic rings. The van der Waals surface area contributed by atoms with Crippen LogP contribution in [-0.2, 0) is 10.0 Å². The highest BCUT2D eigenvalue weighted by Crippen LogP contribution is 2.20. The molecule has 140 valence electrons. The van der Waals surface area contributed by atoms with E-state index in [1.165, 1.54) is 6.33 Å². The fourth-order valence-corrected chi connectivity index (χ4v) is 4.24. The third-order valence-corrected chi connectivity index (χ3v) is 5.91. The summed E-state index contributed by atoms with van der Waals surface area (Å²) in [5.74, 6) is 1.83. The number of nitrogens with zero attached hydrogens (tertiary/aromatic N) is 3. The zero-order valence-electron chi connectivity index (χ0n) is 14.1. The highest BCUT2D eigenvalue weighted by molar-refractivity contribution is 9.10. The molecule has 0 atom stereocenters. The topological polar surface area (TPSA) is 109 Å². The normalized spacial score (nSPS) is 11.1. The number of anilines is 3. The van der Waals surface area contributed by atoms with Gasteiger partial charge in [-0.15, -0.1) is 0 Å². The van der Waals surface area contributed by atoms with E-state index in [0.717, 1.165) is 0 Å². The smallest absolute Gasteiger partial charge is 0.241 e.